The molecule has 2 atom stereocenters. The van der Waals surface area contributed by atoms with Crippen molar-refractivity contribution in [1.29, 1.82) is 5.26 Å². The summed E-state index contributed by atoms with van der Waals surface area (Å²) in [7, 11) is 5.35. The van der Waals surface area contributed by atoms with E-state index in [0.717, 1.165) is 6.07 Å². The van der Waals surface area contributed by atoms with E-state index < -0.39 is 40.7 Å². The molecular weight excluding hydrogens is 644 g/mol. The Morgan fingerprint density at radius 2 is 2.00 bits per heavy atom. The Hall–Kier alpha value is -4.26. The Balaban J connectivity index is 1.32. The lowest BCUT2D eigenvalue weighted by Gasteiger charge is -2.42. The number of hydrogen-bond acceptors (Lipinski definition) is 9. The Bertz CT molecular complexity index is 1630. The summed E-state index contributed by atoms with van der Waals surface area (Å²) in [5, 5.41) is 12.5. The molecule has 4 heterocycles. The number of aryl methyl sites for hydroxylation is 1. The maximum absolute atomic E-state index is 15.5. The topological polar surface area (TPSA) is 108 Å². The van der Waals surface area contributed by atoms with Crippen molar-refractivity contribution < 1.29 is 31.9 Å². The summed E-state index contributed by atoms with van der Waals surface area (Å²) in [5.41, 5.74) is -1.72. The fourth-order valence-electron chi connectivity index (χ4n) is 6.72. The van der Waals surface area contributed by atoms with Gasteiger partial charge in [-0.2, -0.15) is 18.4 Å². The SMILES string of the molecule is Cc1cc(C(F)(F)F)c(C#N)c(N[C@H]2CCN(CCN3CCOC4(CCN(C(=O)/C=C/CN(C)C)C4)C3)c3c(F)cccc3N(C)C2=O)n1. The van der Waals surface area contributed by atoms with Crippen molar-refractivity contribution in [3.63, 3.8) is 0 Å². The first-order valence-corrected chi connectivity index (χ1v) is 16.2. The van der Waals surface area contributed by atoms with Crippen molar-refractivity contribution in [3.8, 4) is 6.07 Å². The van der Waals surface area contributed by atoms with Crippen molar-refractivity contribution in [2.75, 3.05) is 95.2 Å². The zero-order valence-electron chi connectivity index (χ0n) is 28.2. The Labute approximate surface area is 283 Å². The fourth-order valence-corrected chi connectivity index (χ4v) is 6.72. The smallest absolute Gasteiger partial charge is 0.370 e. The molecule has 1 N–H and O–H groups in total. The minimum absolute atomic E-state index is 0.0355. The average molecular weight is 687 g/mol. The molecular formula is C34H42F4N8O3. The van der Waals surface area contributed by atoms with E-state index in [1.165, 1.54) is 31.0 Å². The molecule has 3 aliphatic heterocycles. The number of nitriles is 1. The fraction of sp³-hybridized carbons (Fsp3) is 0.529. The highest BCUT2D eigenvalue weighted by Gasteiger charge is 2.44. The monoisotopic (exact) mass is 686 g/mol. The lowest BCUT2D eigenvalue weighted by Crippen LogP contribution is -2.55. The van der Waals surface area contributed by atoms with Gasteiger partial charge in [-0.05, 0) is 52.1 Å². The van der Waals surface area contributed by atoms with Crippen LogP contribution in [-0.4, -0.2) is 123 Å². The molecule has 15 heteroatoms. The molecule has 1 spiro atoms. The number of carbonyl (C=O) groups excluding carboxylic acids is 2. The number of anilines is 3. The minimum Gasteiger partial charge on any atom is -0.370 e. The molecule has 11 nitrogen and oxygen atoms in total. The van der Waals surface area contributed by atoms with Crippen LogP contribution < -0.4 is 15.1 Å². The van der Waals surface area contributed by atoms with Crippen LogP contribution >= 0.6 is 0 Å². The van der Waals surface area contributed by atoms with Gasteiger partial charge in [0.25, 0.3) is 0 Å². The lowest BCUT2D eigenvalue weighted by atomic mass is 10.0. The van der Waals surface area contributed by atoms with Crippen LogP contribution in [0.5, 0.6) is 0 Å². The largest absolute Gasteiger partial charge is 0.417 e. The van der Waals surface area contributed by atoms with Crippen LogP contribution in [0.1, 0.15) is 29.7 Å². The third-order valence-electron chi connectivity index (χ3n) is 9.21. The highest BCUT2D eigenvalue weighted by molar-refractivity contribution is 6.01. The number of amides is 2. The van der Waals surface area contributed by atoms with E-state index >= 15 is 4.39 Å². The molecule has 3 aliphatic rings. The number of ether oxygens (including phenoxy) is 1. The number of nitrogens with zero attached hydrogens (tertiary/aromatic N) is 7. The van der Waals surface area contributed by atoms with Crippen molar-refractivity contribution in [3.05, 3.63) is 59.1 Å². The van der Waals surface area contributed by atoms with Gasteiger partial charge in [-0.3, -0.25) is 14.5 Å². The van der Waals surface area contributed by atoms with Gasteiger partial charge in [0, 0.05) is 64.6 Å². The van der Waals surface area contributed by atoms with E-state index in [1.54, 1.807) is 23.1 Å². The van der Waals surface area contributed by atoms with Gasteiger partial charge in [0.1, 0.15) is 34.9 Å². The number of likely N-dealkylation sites (N-methyl/N-ethyl adjacent to an activating group) is 2. The third-order valence-corrected chi connectivity index (χ3v) is 9.21. The molecule has 2 saturated heterocycles. The molecule has 1 aromatic heterocycles. The molecule has 1 unspecified atom stereocenters. The third kappa shape index (κ3) is 8.14. The predicted molar refractivity (Wildman–Crippen MR) is 177 cm³/mol. The zero-order chi connectivity index (χ0) is 35.5. The molecule has 49 heavy (non-hydrogen) atoms. The Morgan fingerprint density at radius 1 is 1.22 bits per heavy atom. The Kier molecular flexibility index (Phi) is 10.8. The molecule has 0 bridgehead atoms. The van der Waals surface area contributed by atoms with E-state index in [-0.39, 0.29) is 36.1 Å². The summed E-state index contributed by atoms with van der Waals surface area (Å²) in [5.74, 6) is -1.38. The molecule has 2 fully saturated rings. The second-order valence-electron chi connectivity index (χ2n) is 13.1. The second kappa shape index (κ2) is 14.7. The van der Waals surface area contributed by atoms with E-state index in [2.05, 4.69) is 15.2 Å². The standard InChI is InChI=1S/C34H42F4N8O3/c1-23-19-25(34(36,37)38)24(20-39)31(40-23)41-27-10-13-45(30-26(35)7-5-8-28(30)43(4)32(27)48)16-15-44-17-18-49-33(21-44)11-14-46(22-33)29(47)9-6-12-42(2)3/h5-9,19,27H,10-18,21-22H2,1-4H3,(H,40,41)/b9-6+/t27-,33?/m0/s1. The molecule has 5 rings (SSSR count). The number of para-hydroxylation sites is 1. The predicted octanol–water partition coefficient (Wildman–Crippen LogP) is 3.49. The molecule has 2 aromatic rings. The van der Waals surface area contributed by atoms with Gasteiger partial charge in [0.2, 0.25) is 11.8 Å². The number of likely N-dealkylation sites (tertiary alicyclic amines) is 1. The van der Waals surface area contributed by atoms with Gasteiger partial charge >= 0.3 is 6.18 Å². The molecule has 0 radical (unpaired) electrons. The van der Waals surface area contributed by atoms with Crippen molar-refractivity contribution in [2.45, 2.75) is 37.6 Å². The molecule has 264 valence electrons. The quantitative estimate of drug-likeness (QED) is 0.330. The number of rotatable bonds is 8. The maximum atomic E-state index is 15.5. The van der Waals surface area contributed by atoms with Gasteiger partial charge in [0.15, 0.2) is 0 Å². The first-order chi connectivity index (χ1) is 23.2. The first kappa shape index (κ1) is 36.0. The van der Waals surface area contributed by atoms with Crippen molar-refractivity contribution in [1.82, 2.24) is 19.7 Å². The van der Waals surface area contributed by atoms with Crippen LogP contribution in [0.4, 0.5) is 34.8 Å². The first-order valence-electron chi connectivity index (χ1n) is 16.2. The number of hydrogen-bond donors (Lipinski definition) is 1. The number of fused-ring (bicyclic) bond motifs is 1. The highest BCUT2D eigenvalue weighted by Crippen LogP contribution is 2.37. The number of carbonyl (C=O) groups is 2. The van der Waals surface area contributed by atoms with Crippen LogP contribution in [0.15, 0.2) is 36.4 Å². The number of pyridine rings is 1. The van der Waals surface area contributed by atoms with Gasteiger partial charge in [-0.15, -0.1) is 0 Å². The van der Waals surface area contributed by atoms with Gasteiger partial charge in [-0.1, -0.05) is 12.1 Å². The molecule has 2 amide bonds. The summed E-state index contributed by atoms with van der Waals surface area (Å²) in [6.07, 6.45) is -0.553. The van der Waals surface area contributed by atoms with Crippen LogP contribution in [0.3, 0.4) is 0 Å². The summed E-state index contributed by atoms with van der Waals surface area (Å²) in [6.45, 7) is 5.97. The number of alkyl halides is 3. The van der Waals surface area contributed by atoms with E-state index in [4.69, 9.17) is 4.74 Å². The molecule has 0 saturated carbocycles. The summed E-state index contributed by atoms with van der Waals surface area (Å²) in [6, 6.07) is 5.81. The number of aromatic nitrogens is 1. The molecule has 0 aliphatic carbocycles. The van der Waals surface area contributed by atoms with Crippen LogP contribution in [0.2, 0.25) is 0 Å². The summed E-state index contributed by atoms with van der Waals surface area (Å²) in [4.78, 5) is 39.8. The zero-order valence-corrected chi connectivity index (χ0v) is 28.2. The van der Waals surface area contributed by atoms with Gasteiger partial charge in [-0.25, -0.2) is 9.37 Å². The minimum atomic E-state index is -4.79. The Morgan fingerprint density at radius 3 is 2.71 bits per heavy atom. The number of halogens is 4. The normalized spacial score (nSPS) is 22.1. The number of morpholine rings is 1. The van der Waals surface area contributed by atoms with Crippen LogP contribution in [-0.2, 0) is 20.5 Å². The summed E-state index contributed by atoms with van der Waals surface area (Å²) >= 11 is 0. The molecule has 1 aromatic carbocycles. The van der Waals surface area contributed by atoms with Crippen molar-refractivity contribution >= 4 is 29.0 Å². The van der Waals surface area contributed by atoms with Crippen LogP contribution in [0, 0.1) is 24.1 Å². The average Bonchev–Trinajstić information content (AvgIpc) is 3.45. The van der Waals surface area contributed by atoms with Crippen LogP contribution in [0.25, 0.3) is 0 Å². The highest BCUT2D eigenvalue weighted by atomic mass is 19.4. The number of benzene rings is 1. The number of nitrogens with one attached hydrogen (secondary N) is 1. The van der Waals surface area contributed by atoms with E-state index in [1.807, 2.05) is 30.0 Å². The maximum Gasteiger partial charge on any atom is 0.417 e. The summed E-state index contributed by atoms with van der Waals surface area (Å²) < 4.78 is 63.1. The van der Waals surface area contributed by atoms with Gasteiger partial charge < -0.3 is 29.7 Å². The van der Waals surface area contributed by atoms with Gasteiger partial charge in [0.05, 0.1) is 30.1 Å². The second-order valence-corrected chi connectivity index (χ2v) is 13.1. The van der Waals surface area contributed by atoms with Crippen molar-refractivity contribution in [2.24, 2.45) is 0 Å². The van der Waals surface area contributed by atoms with E-state index in [0.29, 0.717) is 64.5 Å². The lowest BCUT2D eigenvalue weighted by molar-refractivity contribution is -0.137. The van der Waals surface area contributed by atoms with E-state index in [9.17, 15) is 28.0 Å².